The minimum atomic E-state index is -3.98. The van der Waals surface area contributed by atoms with Crippen molar-refractivity contribution in [3.63, 3.8) is 0 Å². The first-order chi connectivity index (χ1) is 14.3. The van der Waals surface area contributed by atoms with Crippen molar-refractivity contribution in [3.8, 4) is 5.75 Å². The highest BCUT2D eigenvalue weighted by Crippen LogP contribution is 2.16. The second kappa shape index (κ2) is 9.23. The first-order valence-corrected chi connectivity index (χ1v) is 10.5. The summed E-state index contributed by atoms with van der Waals surface area (Å²) in [5, 5.41) is 2.75. The Labute approximate surface area is 174 Å². The van der Waals surface area contributed by atoms with Gasteiger partial charge >= 0.3 is 0 Å². The van der Waals surface area contributed by atoms with E-state index in [0.717, 1.165) is 5.56 Å². The first-order valence-electron chi connectivity index (χ1n) is 9.05. The monoisotopic (exact) mass is 424 g/mol. The van der Waals surface area contributed by atoms with Crippen molar-refractivity contribution in [2.75, 3.05) is 11.9 Å². The van der Waals surface area contributed by atoms with Crippen LogP contribution in [-0.2, 0) is 14.8 Å². The molecule has 0 heterocycles. The van der Waals surface area contributed by atoms with E-state index in [-0.39, 0.29) is 16.6 Å². The Kier molecular flexibility index (Phi) is 6.48. The number of para-hydroxylation sites is 1. The van der Waals surface area contributed by atoms with Gasteiger partial charge in [0.1, 0.15) is 5.75 Å². The molecule has 0 fully saturated rings. The van der Waals surface area contributed by atoms with Gasteiger partial charge < -0.3 is 10.1 Å². The van der Waals surface area contributed by atoms with Crippen molar-refractivity contribution < 1.29 is 22.7 Å². The molecular weight excluding hydrogens is 404 g/mol. The summed E-state index contributed by atoms with van der Waals surface area (Å²) >= 11 is 0. The smallest absolute Gasteiger partial charge is 0.271 e. The van der Waals surface area contributed by atoms with E-state index >= 15 is 0 Å². The van der Waals surface area contributed by atoms with Gasteiger partial charge in [0, 0.05) is 11.3 Å². The SMILES string of the molecule is Cc1ccc(S(=O)(=O)NC(=O)COc2cccc(C(=O)Nc3ccccc3)c2)cc1. The molecule has 2 amide bonds. The van der Waals surface area contributed by atoms with E-state index in [2.05, 4.69) is 5.32 Å². The van der Waals surface area contributed by atoms with E-state index in [1.807, 2.05) is 17.7 Å². The number of anilines is 1. The van der Waals surface area contributed by atoms with Gasteiger partial charge in [-0.15, -0.1) is 0 Å². The van der Waals surface area contributed by atoms with Crippen molar-refractivity contribution in [1.29, 1.82) is 0 Å². The number of nitrogens with one attached hydrogen (secondary N) is 2. The summed E-state index contributed by atoms with van der Waals surface area (Å²) in [5.41, 5.74) is 1.89. The predicted octanol–water partition coefficient (Wildman–Crippen LogP) is 3.13. The molecule has 0 aliphatic carbocycles. The Bertz CT molecular complexity index is 1140. The van der Waals surface area contributed by atoms with Gasteiger partial charge in [-0.1, -0.05) is 42.0 Å². The number of aryl methyl sites for hydroxylation is 1. The number of rotatable bonds is 7. The number of hydrogen-bond donors (Lipinski definition) is 2. The molecule has 0 radical (unpaired) electrons. The summed E-state index contributed by atoms with van der Waals surface area (Å²) in [6.07, 6.45) is 0. The van der Waals surface area contributed by atoms with Gasteiger partial charge in [0.25, 0.3) is 21.8 Å². The lowest BCUT2D eigenvalue weighted by Crippen LogP contribution is -2.34. The van der Waals surface area contributed by atoms with Gasteiger partial charge in [-0.2, -0.15) is 0 Å². The molecule has 3 rings (SSSR count). The summed E-state index contributed by atoms with van der Waals surface area (Å²) in [4.78, 5) is 24.4. The molecule has 0 atom stereocenters. The van der Waals surface area contributed by atoms with Crippen molar-refractivity contribution in [1.82, 2.24) is 4.72 Å². The molecule has 0 aliphatic rings. The fourth-order valence-electron chi connectivity index (χ4n) is 2.56. The summed E-state index contributed by atoms with van der Waals surface area (Å²) in [5.74, 6) is -0.897. The molecule has 154 valence electrons. The van der Waals surface area contributed by atoms with Crippen molar-refractivity contribution in [2.45, 2.75) is 11.8 Å². The number of carbonyl (C=O) groups excluding carboxylic acids is 2. The molecule has 0 unspecified atom stereocenters. The highest BCUT2D eigenvalue weighted by atomic mass is 32.2. The van der Waals surface area contributed by atoms with Gasteiger partial charge in [0.05, 0.1) is 4.90 Å². The first kappa shape index (κ1) is 21.1. The van der Waals surface area contributed by atoms with E-state index in [9.17, 15) is 18.0 Å². The fraction of sp³-hybridized carbons (Fsp3) is 0.0909. The third-order valence-corrected chi connectivity index (χ3v) is 5.47. The van der Waals surface area contributed by atoms with Crippen LogP contribution in [0.5, 0.6) is 5.75 Å². The normalized spacial score (nSPS) is 10.8. The van der Waals surface area contributed by atoms with Crippen LogP contribution in [-0.4, -0.2) is 26.8 Å². The zero-order valence-corrected chi connectivity index (χ0v) is 17.0. The Balaban J connectivity index is 1.59. The molecule has 0 bridgehead atoms. The third kappa shape index (κ3) is 5.68. The molecule has 7 nitrogen and oxygen atoms in total. The lowest BCUT2D eigenvalue weighted by molar-refractivity contribution is -0.121. The largest absolute Gasteiger partial charge is 0.484 e. The Morgan fingerprint density at radius 3 is 2.30 bits per heavy atom. The number of hydrogen-bond acceptors (Lipinski definition) is 5. The van der Waals surface area contributed by atoms with E-state index in [4.69, 9.17) is 4.74 Å². The lowest BCUT2D eigenvalue weighted by atomic mass is 10.2. The third-order valence-electron chi connectivity index (χ3n) is 4.08. The zero-order chi connectivity index (χ0) is 21.6. The fourth-order valence-corrected chi connectivity index (χ4v) is 3.53. The maximum atomic E-state index is 12.3. The summed E-state index contributed by atoms with van der Waals surface area (Å²) in [7, 11) is -3.98. The van der Waals surface area contributed by atoms with Gasteiger partial charge in [0.15, 0.2) is 6.61 Å². The number of sulfonamides is 1. The number of benzene rings is 3. The van der Waals surface area contributed by atoms with Crippen LogP contribution in [0.15, 0.2) is 83.8 Å². The average Bonchev–Trinajstić information content (AvgIpc) is 2.73. The standard InChI is InChI=1S/C22H20N2O5S/c1-16-10-12-20(13-11-16)30(27,28)24-21(25)15-29-19-9-5-6-17(14-19)22(26)23-18-7-3-2-4-8-18/h2-14H,15H2,1H3,(H,23,26)(H,24,25). The van der Waals surface area contributed by atoms with Crippen LogP contribution in [0.1, 0.15) is 15.9 Å². The zero-order valence-electron chi connectivity index (χ0n) is 16.2. The molecule has 0 saturated heterocycles. The Morgan fingerprint density at radius 2 is 1.60 bits per heavy atom. The second-order valence-corrected chi connectivity index (χ2v) is 8.16. The Hall–Kier alpha value is -3.65. The summed E-state index contributed by atoms with van der Waals surface area (Å²) < 4.78 is 31.8. The van der Waals surface area contributed by atoms with Gasteiger partial charge in [0.2, 0.25) is 0 Å². The van der Waals surface area contributed by atoms with Crippen LogP contribution in [0.4, 0.5) is 5.69 Å². The molecule has 0 saturated carbocycles. The minimum absolute atomic E-state index is 0.0129. The number of ether oxygens (including phenoxy) is 1. The van der Waals surface area contributed by atoms with E-state index in [1.165, 1.54) is 18.2 Å². The highest BCUT2D eigenvalue weighted by molar-refractivity contribution is 7.90. The summed E-state index contributed by atoms with van der Waals surface area (Å²) in [6.45, 7) is 1.31. The van der Waals surface area contributed by atoms with Crippen molar-refractivity contribution >= 4 is 27.5 Å². The molecule has 3 aromatic rings. The van der Waals surface area contributed by atoms with E-state index < -0.39 is 22.5 Å². The molecular formula is C22H20N2O5S. The van der Waals surface area contributed by atoms with Crippen molar-refractivity contribution in [2.24, 2.45) is 0 Å². The average molecular weight is 424 g/mol. The topological polar surface area (TPSA) is 102 Å². The second-order valence-electron chi connectivity index (χ2n) is 6.48. The molecule has 0 aromatic heterocycles. The highest BCUT2D eigenvalue weighted by Gasteiger charge is 2.18. The molecule has 3 aromatic carbocycles. The van der Waals surface area contributed by atoms with Crippen molar-refractivity contribution in [3.05, 3.63) is 90.0 Å². The summed E-state index contributed by atoms with van der Waals surface area (Å²) in [6, 6.07) is 21.3. The van der Waals surface area contributed by atoms with Crippen LogP contribution in [0.3, 0.4) is 0 Å². The predicted molar refractivity (Wildman–Crippen MR) is 113 cm³/mol. The van der Waals surface area contributed by atoms with E-state index in [1.54, 1.807) is 54.6 Å². The maximum absolute atomic E-state index is 12.3. The van der Waals surface area contributed by atoms with Crippen LogP contribution in [0, 0.1) is 6.92 Å². The van der Waals surface area contributed by atoms with Crippen LogP contribution in [0.25, 0.3) is 0 Å². The molecule has 8 heteroatoms. The molecule has 30 heavy (non-hydrogen) atoms. The van der Waals surface area contributed by atoms with Crippen LogP contribution < -0.4 is 14.8 Å². The molecule has 0 aliphatic heterocycles. The quantitative estimate of drug-likeness (QED) is 0.607. The number of amides is 2. The number of carbonyl (C=O) groups is 2. The molecule has 0 spiro atoms. The maximum Gasteiger partial charge on any atom is 0.271 e. The van der Waals surface area contributed by atoms with Gasteiger partial charge in [-0.25, -0.2) is 13.1 Å². The Morgan fingerprint density at radius 1 is 0.900 bits per heavy atom. The van der Waals surface area contributed by atoms with Gasteiger partial charge in [-0.3, -0.25) is 9.59 Å². The van der Waals surface area contributed by atoms with E-state index in [0.29, 0.717) is 11.3 Å². The van der Waals surface area contributed by atoms with Gasteiger partial charge in [-0.05, 0) is 49.4 Å². The van der Waals surface area contributed by atoms with Crippen LogP contribution in [0.2, 0.25) is 0 Å². The lowest BCUT2D eigenvalue weighted by Gasteiger charge is -2.10. The molecule has 2 N–H and O–H groups in total. The van der Waals surface area contributed by atoms with Crippen LogP contribution >= 0.6 is 0 Å². The minimum Gasteiger partial charge on any atom is -0.484 e.